The van der Waals surface area contributed by atoms with E-state index in [9.17, 15) is 78.0 Å². The van der Waals surface area contributed by atoms with E-state index >= 15 is 28.8 Å². The third kappa shape index (κ3) is 39.8. The Balaban J connectivity index is 1.18. The van der Waals surface area contributed by atoms with Crippen LogP contribution in [-0.2, 0) is 118 Å². The highest BCUT2D eigenvalue weighted by Crippen LogP contribution is 2.24. The number of carbonyl (C=O) groups excluding carboxylic acids is 18. The molecule has 0 unspecified atom stereocenters. The van der Waals surface area contributed by atoms with Crippen molar-refractivity contribution in [3.63, 3.8) is 0 Å². The van der Waals surface area contributed by atoms with E-state index in [0.717, 1.165) is 13.8 Å². The zero-order valence-electron chi connectivity index (χ0n) is 83.5. The average molecular weight is 2080 g/mol. The number of guanidine groups is 3. The Bertz CT molecular complexity index is 5880. The number of primary amides is 3. The highest BCUT2D eigenvalue weighted by molar-refractivity contribution is 6.03. The van der Waals surface area contributed by atoms with Crippen molar-refractivity contribution >= 4 is 146 Å². The summed E-state index contributed by atoms with van der Waals surface area (Å²) in [6.07, 6.45) is -0.973. The summed E-state index contributed by atoms with van der Waals surface area (Å²) in [6, 6.07) is -0.389. The second-order valence-corrected chi connectivity index (χ2v) is 36.5. The number of aliphatic imine (C=N–C) groups is 3. The van der Waals surface area contributed by atoms with Crippen molar-refractivity contribution in [3.8, 4) is 11.5 Å². The van der Waals surface area contributed by atoms with Crippen LogP contribution in [0.15, 0.2) is 137 Å². The van der Waals surface area contributed by atoms with Gasteiger partial charge >= 0.3 is 0 Å². The van der Waals surface area contributed by atoms with E-state index in [1.807, 2.05) is 0 Å². The van der Waals surface area contributed by atoms with E-state index in [0.29, 0.717) is 44.1 Å². The van der Waals surface area contributed by atoms with Crippen LogP contribution in [0.1, 0.15) is 141 Å². The van der Waals surface area contributed by atoms with E-state index in [1.54, 1.807) is 62.4 Å². The molecule has 0 fully saturated rings. The summed E-state index contributed by atoms with van der Waals surface area (Å²) in [5, 5.41) is 81.1. The topological polar surface area (TPSA) is 900 Å². The quantitative estimate of drug-likeness (QED) is 0.00957. The molecule has 53 nitrogen and oxygen atoms in total. The molecule has 808 valence electrons. The zero-order valence-corrected chi connectivity index (χ0v) is 83.5. The summed E-state index contributed by atoms with van der Waals surface area (Å²) in [4.78, 5) is 282. The predicted molar refractivity (Wildman–Crippen MR) is 544 cm³/mol. The van der Waals surface area contributed by atoms with Crippen molar-refractivity contribution < 1.29 is 107 Å². The van der Waals surface area contributed by atoms with Crippen LogP contribution in [0.25, 0.3) is 21.8 Å². The maximum atomic E-state index is 15.6. The van der Waals surface area contributed by atoms with E-state index < -0.39 is 261 Å². The van der Waals surface area contributed by atoms with Gasteiger partial charge in [-0.25, -0.2) is 4.98 Å². The van der Waals surface area contributed by atoms with E-state index in [2.05, 4.69) is 115 Å². The molecule has 149 heavy (non-hydrogen) atoms. The lowest BCUT2D eigenvalue weighted by Gasteiger charge is -2.30. The monoisotopic (exact) mass is 2080 g/mol. The summed E-state index contributed by atoms with van der Waals surface area (Å²) < 4.78 is 0. The van der Waals surface area contributed by atoms with Crippen LogP contribution in [0.3, 0.4) is 0 Å². The molecule has 4 aromatic carbocycles. The first-order chi connectivity index (χ1) is 70.6. The number of nitrogens with one attached hydrogen (secondary N) is 18. The van der Waals surface area contributed by atoms with Gasteiger partial charge in [-0.2, -0.15) is 0 Å². The summed E-state index contributed by atoms with van der Waals surface area (Å²) in [5.74, 6) is -21.4. The van der Waals surface area contributed by atoms with Gasteiger partial charge in [0.15, 0.2) is 17.9 Å². The van der Waals surface area contributed by atoms with Crippen LogP contribution >= 0.6 is 0 Å². The highest BCUT2D eigenvalue weighted by atomic mass is 16.3. The zero-order chi connectivity index (χ0) is 110. The van der Waals surface area contributed by atoms with Crippen molar-refractivity contribution in [2.75, 3.05) is 26.2 Å². The molecule has 0 aliphatic carbocycles. The van der Waals surface area contributed by atoms with Crippen LogP contribution in [0.4, 0.5) is 0 Å². The van der Waals surface area contributed by atoms with E-state index in [1.165, 1.54) is 94.2 Å². The molecule has 0 saturated heterocycles. The number of aromatic amines is 3. The number of H-pyrrole nitrogens is 3. The molecule has 16 atom stereocenters. The van der Waals surface area contributed by atoms with Crippen LogP contribution < -0.4 is 131 Å². The molecule has 18 amide bonds. The van der Waals surface area contributed by atoms with Crippen LogP contribution in [0.5, 0.6) is 11.5 Å². The highest BCUT2D eigenvalue weighted by Gasteiger charge is 2.41. The molecule has 53 heteroatoms. The molecule has 40 N–H and O–H groups in total. The Hall–Kier alpha value is -17.0. The van der Waals surface area contributed by atoms with Gasteiger partial charge in [-0.3, -0.25) is 101 Å². The number of phenolic OH excluding ortho intramolecular Hbond substituents is 2. The minimum atomic E-state index is -2.03. The van der Waals surface area contributed by atoms with Crippen molar-refractivity contribution in [3.05, 3.63) is 150 Å². The minimum absolute atomic E-state index is 0.00441. The average Bonchev–Trinajstić information content (AvgIpc) is 1.67. The molecular formula is C96H137N31O22. The van der Waals surface area contributed by atoms with E-state index in [-0.39, 0.29) is 112 Å². The summed E-state index contributed by atoms with van der Waals surface area (Å²) in [6.45, 7) is 8.72. The van der Waals surface area contributed by atoms with Gasteiger partial charge in [0, 0.05) is 105 Å². The third-order valence-corrected chi connectivity index (χ3v) is 23.5. The van der Waals surface area contributed by atoms with Gasteiger partial charge < -0.3 is 167 Å². The van der Waals surface area contributed by atoms with Crippen molar-refractivity contribution in [1.82, 2.24) is 99.7 Å². The van der Waals surface area contributed by atoms with Crippen molar-refractivity contribution in [2.24, 2.45) is 78.4 Å². The molecule has 3 heterocycles. The number of phenols is 2. The minimum Gasteiger partial charge on any atom is -0.508 e. The van der Waals surface area contributed by atoms with Gasteiger partial charge in [0.1, 0.15) is 102 Å². The molecule has 0 aliphatic heterocycles. The lowest BCUT2D eigenvalue weighted by atomic mass is 9.99. The lowest BCUT2D eigenvalue weighted by molar-refractivity contribution is -0.138. The molecule has 7 aromatic rings. The second kappa shape index (κ2) is 58.8. The maximum Gasteiger partial charge on any atom is 0.245 e. The molecule has 3 aromatic heterocycles. The third-order valence-electron chi connectivity index (χ3n) is 23.5. The Kier molecular flexibility index (Phi) is 46.9. The molecule has 0 saturated carbocycles. The molecular weight excluding hydrogens is 1940 g/mol. The number of hydrogen-bond acceptors (Lipinski definition) is 26. The second-order valence-electron chi connectivity index (χ2n) is 36.5. The number of carbonyl (C=O) groups is 18. The van der Waals surface area contributed by atoms with Crippen LogP contribution in [0, 0.1) is 11.8 Å². The van der Waals surface area contributed by atoms with Crippen molar-refractivity contribution in [2.45, 2.75) is 242 Å². The first kappa shape index (κ1) is 119. The Morgan fingerprint density at radius 2 is 0.711 bits per heavy atom. The van der Waals surface area contributed by atoms with Crippen LogP contribution in [-0.4, -0.2) is 288 Å². The molecule has 0 spiro atoms. The smallest absolute Gasteiger partial charge is 0.245 e. The number of aromatic hydroxyl groups is 2. The Morgan fingerprint density at radius 1 is 0.362 bits per heavy atom. The number of aromatic nitrogens is 4. The predicted octanol–water partition coefficient (Wildman–Crippen LogP) is -7.53. The van der Waals surface area contributed by atoms with Crippen molar-refractivity contribution in [1.29, 1.82) is 0 Å². The largest absolute Gasteiger partial charge is 0.508 e. The molecule has 7 rings (SSSR count). The maximum absolute atomic E-state index is 15.6. The first-order valence-corrected chi connectivity index (χ1v) is 48.0. The normalized spacial score (nSPS) is 14.4. The fourth-order valence-corrected chi connectivity index (χ4v) is 15.7. The number of amides is 18. The van der Waals surface area contributed by atoms with Gasteiger partial charge in [-0.15, -0.1) is 0 Å². The summed E-state index contributed by atoms with van der Waals surface area (Å²) >= 11 is 0. The van der Waals surface area contributed by atoms with Gasteiger partial charge in [0.25, 0.3) is 0 Å². The molecule has 0 radical (unpaired) electrons. The number of aliphatic hydroxyl groups excluding tert-OH is 2. The van der Waals surface area contributed by atoms with Gasteiger partial charge in [0.05, 0.1) is 31.2 Å². The standard InChI is InChI=1S/C96H137N31O22/c1-47(2)35-68(119-91(147)74(45-128)125-80(136)49(5)113-51(7)130)85(141)115-64(20-13-33-108-95(102)103)83(139)123-72(40-56-44-106-46-112-56)88(144)120-69(37-53-24-28-58(132)29-25-53)86(142)121-70(38-54-42-110-61-17-10-8-15-59(54)61)87(143)124-73(41-76(98)134)89(145)122-71(39-55-43-111-62-18-11-9-16-60(55)62)90(146)126-77(48(3)4)92(148)127-78(50(6)129)93(149)117-65(21-14-34-109-96(104)105)81(137)116-66(30-31-75(97)133)84(140)114-63(19-12-32-107-94(100)101)82(138)118-67(79(99)135)36-52-22-26-57(131)27-23-52/h8-11,15-18,22-29,42-44,46-50,63-74,77-78,110-111,128-129,131-132H,12-14,19-21,30-41,45H2,1-7H3,(H2,97,133)(H2,98,134)(H2,99,135)(H,106,112)(H,113,130)(H,114,140)(H,115,141)(H,116,137)(H,117,149)(H,118,138)(H,119,147)(H,120,144)(H,121,142)(H,122,145)(H,123,139)(H,124,143)(H,125,136)(H,126,146)(H,127,148)(H4,100,101,107)(H4,102,103,108)(H4,104,105,109)/t49-,50+,63-,64-,65-,66-,67-,68-,69-,70-,71-,72-,73-,74-,77-,78-/m0/s1. The Labute approximate surface area is 856 Å². The van der Waals surface area contributed by atoms with E-state index in [4.69, 9.17) is 51.6 Å². The number of aliphatic hydroxyl groups is 2. The number of para-hydroxylation sites is 2. The molecule has 0 aliphatic rings. The number of nitrogens with zero attached hydrogens (tertiary/aromatic N) is 4. The fraction of sp³-hybridized carbons (Fsp3) is 0.458. The van der Waals surface area contributed by atoms with Gasteiger partial charge in [0.2, 0.25) is 106 Å². The summed E-state index contributed by atoms with van der Waals surface area (Å²) in [7, 11) is 0. The van der Waals surface area contributed by atoms with Gasteiger partial charge in [-0.05, 0) is 136 Å². The molecule has 0 bridgehead atoms. The number of hydrogen-bond donors (Lipinski definition) is 31. The number of imidazole rings is 1. The number of rotatable bonds is 62. The SMILES string of the molecule is CC(=O)N[C@@H](C)C(=O)N[C@@H](CO)C(=O)N[C@@H](CC(C)C)C(=O)N[C@@H](CCCN=C(N)N)C(=O)N[C@@H](Cc1c[nH]cn1)C(=O)N[C@@H](Cc1ccc(O)cc1)C(=O)N[C@@H](Cc1c[nH]c2ccccc12)C(=O)N[C@@H](CC(N)=O)C(=O)N[C@@H](Cc1c[nH]c2ccccc12)C(=O)N[C@H](C(=O)N[C@H](C(=O)N[C@@H](CCCN=C(N)N)C(=O)N[C@@H](CCC(N)=O)C(=O)N[C@@H](CCCN=C(N)N)C(=O)N[C@@H](Cc1ccc(O)cc1)C(N)=O)[C@@H](C)O)C(C)C. The number of nitrogens with two attached hydrogens (primary N) is 9. The van der Waals surface area contributed by atoms with Gasteiger partial charge in [-0.1, -0.05) is 88.4 Å². The Morgan fingerprint density at radius 3 is 1.11 bits per heavy atom. The fourth-order valence-electron chi connectivity index (χ4n) is 15.7. The first-order valence-electron chi connectivity index (χ1n) is 48.0. The number of benzene rings is 4. The summed E-state index contributed by atoms with van der Waals surface area (Å²) in [5.41, 5.74) is 53.5. The number of fused-ring (bicyclic) bond motifs is 2. The lowest BCUT2D eigenvalue weighted by Crippen LogP contribution is -2.63. The van der Waals surface area contributed by atoms with Crippen LogP contribution in [0.2, 0.25) is 0 Å².